The van der Waals surface area contributed by atoms with Crippen molar-refractivity contribution in [2.24, 2.45) is 5.10 Å². The summed E-state index contributed by atoms with van der Waals surface area (Å²) < 4.78 is 5.49. The SMILES string of the molecule is C[C@H](Oc1cccc(Cl)c1)C(=O)N/N=C\c1ccc(Cl)cc1Cl. The fraction of sp³-hybridized carbons (Fsp3) is 0.125. The summed E-state index contributed by atoms with van der Waals surface area (Å²) in [5.41, 5.74) is 3.03. The number of carbonyl (C=O) groups excluding carboxylic acids is 1. The summed E-state index contributed by atoms with van der Waals surface area (Å²) in [6, 6.07) is 11.8. The molecule has 0 fully saturated rings. The fourth-order valence-electron chi connectivity index (χ4n) is 1.66. The highest BCUT2D eigenvalue weighted by Crippen LogP contribution is 2.20. The number of hydrogen-bond donors (Lipinski definition) is 1. The van der Waals surface area contributed by atoms with Crippen molar-refractivity contribution in [3.8, 4) is 5.75 Å². The summed E-state index contributed by atoms with van der Waals surface area (Å²) in [7, 11) is 0. The van der Waals surface area contributed by atoms with Gasteiger partial charge in [-0.2, -0.15) is 5.10 Å². The Balaban J connectivity index is 1.92. The van der Waals surface area contributed by atoms with Crippen molar-refractivity contribution < 1.29 is 9.53 Å². The Morgan fingerprint density at radius 2 is 1.91 bits per heavy atom. The lowest BCUT2D eigenvalue weighted by atomic mass is 10.2. The van der Waals surface area contributed by atoms with Crippen LogP contribution in [0.5, 0.6) is 5.75 Å². The van der Waals surface area contributed by atoms with Crippen LogP contribution in [-0.4, -0.2) is 18.2 Å². The third-order valence-electron chi connectivity index (χ3n) is 2.82. The summed E-state index contributed by atoms with van der Waals surface area (Å²) in [5, 5.41) is 5.36. The van der Waals surface area contributed by atoms with Crippen LogP contribution in [0.3, 0.4) is 0 Å². The van der Waals surface area contributed by atoms with Gasteiger partial charge in [-0.3, -0.25) is 4.79 Å². The Bertz CT molecular complexity index is 735. The van der Waals surface area contributed by atoms with Crippen molar-refractivity contribution in [3.63, 3.8) is 0 Å². The molecular formula is C16H13Cl3N2O2. The molecule has 0 aliphatic carbocycles. The predicted octanol–water partition coefficient (Wildman–Crippen LogP) is 4.56. The Labute approximate surface area is 149 Å². The predicted molar refractivity (Wildman–Crippen MR) is 93.7 cm³/mol. The molecule has 0 aliphatic rings. The number of hydrogen-bond acceptors (Lipinski definition) is 3. The topological polar surface area (TPSA) is 50.7 Å². The first-order chi connectivity index (χ1) is 11.0. The zero-order chi connectivity index (χ0) is 16.8. The van der Waals surface area contributed by atoms with Crippen molar-refractivity contribution in [1.29, 1.82) is 0 Å². The molecule has 1 atom stereocenters. The second-order valence-corrected chi connectivity index (χ2v) is 5.90. The van der Waals surface area contributed by atoms with Crippen molar-refractivity contribution in [2.45, 2.75) is 13.0 Å². The quantitative estimate of drug-likeness (QED) is 0.618. The van der Waals surface area contributed by atoms with E-state index in [2.05, 4.69) is 10.5 Å². The zero-order valence-electron chi connectivity index (χ0n) is 12.1. The van der Waals surface area contributed by atoms with Gasteiger partial charge in [-0.1, -0.05) is 46.9 Å². The minimum absolute atomic E-state index is 0.397. The van der Waals surface area contributed by atoms with E-state index in [0.29, 0.717) is 26.4 Å². The number of carbonyl (C=O) groups is 1. The maximum absolute atomic E-state index is 11.9. The summed E-state index contributed by atoms with van der Waals surface area (Å²) in [4.78, 5) is 11.9. The van der Waals surface area contributed by atoms with E-state index in [9.17, 15) is 4.79 Å². The molecule has 4 nitrogen and oxygen atoms in total. The molecule has 0 saturated carbocycles. The molecule has 2 rings (SSSR count). The third-order valence-corrected chi connectivity index (χ3v) is 3.62. The van der Waals surface area contributed by atoms with Crippen molar-refractivity contribution >= 4 is 46.9 Å². The van der Waals surface area contributed by atoms with Crippen LogP contribution in [0.4, 0.5) is 0 Å². The van der Waals surface area contributed by atoms with Crippen LogP contribution in [0.15, 0.2) is 47.6 Å². The standard InChI is InChI=1S/C16H13Cl3N2O2/c1-10(23-14-4-2-3-12(17)7-14)16(22)21-20-9-11-5-6-13(18)8-15(11)19/h2-10H,1H3,(H,21,22)/b20-9-/t10-/m0/s1. The average molecular weight is 372 g/mol. The van der Waals surface area contributed by atoms with Gasteiger partial charge in [0.15, 0.2) is 6.10 Å². The number of benzene rings is 2. The van der Waals surface area contributed by atoms with Gasteiger partial charge in [0, 0.05) is 15.6 Å². The summed E-state index contributed by atoms with van der Waals surface area (Å²) in [6.45, 7) is 1.61. The first-order valence-corrected chi connectivity index (χ1v) is 7.79. The fourth-order valence-corrected chi connectivity index (χ4v) is 2.30. The Morgan fingerprint density at radius 1 is 1.17 bits per heavy atom. The maximum Gasteiger partial charge on any atom is 0.280 e. The lowest BCUT2D eigenvalue weighted by Crippen LogP contribution is -2.33. The summed E-state index contributed by atoms with van der Waals surface area (Å²) in [6.07, 6.45) is 0.703. The normalized spacial score (nSPS) is 12.2. The van der Waals surface area contributed by atoms with Gasteiger partial charge in [0.1, 0.15) is 5.75 Å². The molecule has 0 bridgehead atoms. The van der Waals surface area contributed by atoms with Crippen LogP contribution in [0.25, 0.3) is 0 Å². The second kappa shape index (κ2) is 8.20. The Morgan fingerprint density at radius 3 is 2.61 bits per heavy atom. The number of nitrogens with zero attached hydrogens (tertiary/aromatic N) is 1. The number of nitrogens with one attached hydrogen (secondary N) is 1. The number of amides is 1. The van der Waals surface area contributed by atoms with Gasteiger partial charge in [-0.25, -0.2) is 5.43 Å². The lowest BCUT2D eigenvalue weighted by molar-refractivity contribution is -0.127. The molecule has 0 saturated heterocycles. The van der Waals surface area contributed by atoms with E-state index in [1.54, 1.807) is 49.4 Å². The molecule has 7 heteroatoms. The van der Waals surface area contributed by atoms with Gasteiger partial charge < -0.3 is 4.74 Å². The minimum Gasteiger partial charge on any atom is -0.481 e. The highest BCUT2D eigenvalue weighted by atomic mass is 35.5. The van der Waals surface area contributed by atoms with Crippen LogP contribution in [0.1, 0.15) is 12.5 Å². The van der Waals surface area contributed by atoms with Gasteiger partial charge >= 0.3 is 0 Å². The van der Waals surface area contributed by atoms with Gasteiger partial charge in [0.2, 0.25) is 0 Å². The number of rotatable bonds is 5. The largest absolute Gasteiger partial charge is 0.481 e. The molecular weight excluding hydrogens is 359 g/mol. The zero-order valence-corrected chi connectivity index (χ0v) is 14.4. The minimum atomic E-state index is -0.730. The Kier molecular flexibility index (Phi) is 6.28. The molecule has 120 valence electrons. The monoisotopic (exact) mass is 370 g/mol. The van der Waals surface area contributed by atoms with Crippen LogP contribution in [0.2, 0.25) is 15.1 Å². The van der Waals surface area contributed by atoms with Crippen LogP contribution < -0.4 is 10.2 Å². The smallest absolute Gasteiger partial charge is 0.280 e. The van der Waals surface area contributed by atoms with Crippen molar-refractivity contribution in [3.05, 3.63) is 63.1 Å². The number of halogens is 3. The van der Waals surface area contributed by atoms with E-state index >= 15 is 0 Å². The molecule has 0 aromatic heterocycles. The van der Waals surface area contributed by atoms with Crippen molar-refractivity contribution in [2.75, 3.05) is 0 Å². The molecule has 23 heavy (non-hydrogen) atoms. The van der Waals surface area contributed by atoms with E-state index < -0.39 is 12.0 Å². The highest BCUT2D eigenvalue weighted by molar-refractivity contribution is 6.36. The number of ether oxygens (including phenoxy) is 1. The summed E-state index contributed by atoms with van der Waals surface area (Å²) >= 11 is 17.7. The first kappa shape index (κ1) is 17.6. The highest BCUT2D eigenvalue weighted by Gasteiger charge is 2.14. The number of hydrazone groups is 1. The van der Waals surface area contributed by atoms with Gasteiger partial charge in [-0.15, -0.1) is 0 Å². The van der Waals surface area contributed by atoms with E-state index in [0.717, 1.165) is 0 Å². The first-order valence-electron chi connectivity index (χ1n) is 6.66. The average Bonchev–Trinajstić information content (AvgIpc) is 2.49. The molecule has 0 radical (unpaired) electrons. The van der Waals surface area contributed by atoms with Crippen molar-refractivity contribution in [1.82, 2.24) is 5.43 Å². The Hall–Kier alpha value is -1.75. The van der Waals surface area contributed by atoms with E-state index in [1.807, 2.05) is 0 Å². The van der Waals surface area contributed by atoms with Crippen LogP contribution in [-0.2, 0) is 4.79 Å². The molecule has 0 unspecified atom stereocenters. The third kappa shape index (κ3) is 5.43. The van der Waals surface area contributed by atoms with Crippen LogP contribution in [0, 0.1) is 0 Å². The van der Waals surface area contributed by atoms with Gasteiger partial charge in [0.25, 0.3) is 5.91 Å². The van der Waals surface area contributed by atoms with E-state index in [4.69, 9.17) is 39.5 Å². The lowest BCUT2D eigenvalue weighted by Gasteiger charge is -2.12. The van der Waals surface area contributed by atoms with Gasteiger partial charge in [0.05, 0.1) is 11.2 Å². The second-order valence-electron chi connectivity index (χ2n) is 4.62. The summed E-state index contributed by atoms with van der Waals surface area (Å²) in [5.74, 6) is 0.108. The molecule has 1 amide bonds. The molecule has 2 aromatic rings. The molecule has 0 aliphatic heterocycles. The van der Waals surface area contributed by atoms with E-state index in [-0.39, 0.29) is 0 Å². The van der Waals surface area contributed by atoms with E-state index in [1.165, 1.54) is 6.21 Å². The molecule has 0 spiro atoms. The molecule has 0 heterocycles. The molecule has 2 aromatic carbocycles. The molecule has 1 N–H and O–H groups in total. The van der Waals surface area contributed by atoms with Gasteiger partial charge in [-0.05, 0) is 37.3 Å². The van der Waals surface area contributed by atoms with Crippen LogP contribution >= 0.6 is 34.8 Å². The maximum atomic E-state index is 11.9.